The van der Waals surface area contributed by atoms with E-state index in [1.54, 1.807) is 0 Å². The number of sulfonamides is 1. The van der Waals surface area contributed by atoms with Gasteiger partial charge in [0.25, 0.3) is 11.8 Å². The number of carbonyl (C=O) groups excluding carboxylic acids is 2. The Balaban J connectivity index is 1.89. The van der Waals surface area contributed by atoms with Gasteiger partial charge in [-0.1, -0.05) is 11.6 Å². The summed E-state index contributed by atoms with van der Waals surface area (Å²) < 4.78 is 25.4. The molecule has 140 valence electrons. The van der Waals surface area contributed by atoms with E-state index in [1.165, 1.54) is 38.4 Å². The van der Waals surface area contributed by atoms with Crippen LogP contribution in [0.5, 0.6) is 0 Å². The van der Waals surface area contributed by atoms with Crippen LogP contribution in [0.3, 0.4) is 0 Å². The molecule has 2 aliphatic heterocycles. The molecule has 1 fully saturated rings. The number of carbonyl (C=O) groups is 2. The molecular weight excluding hydrogens is 378 g/mol. The molecule has 0 spiro atoms. The molecular formula is C17H20ClN3O4S. The van der Waals surface area contributed by atoms with Gasteiger partial charge in [-0.05, 0) is 43.5 Å². The Labute approximate surface area is 157 Å². The number of hydrogen-bond acceptors (Lipinski definition) is 5. The summed E-state index contributed by atoms with van der Waals surface area (Å²) in [5, 5.41) is -0.0816. The zero-order chi connectivity index (χ0) is 19.1. The number of anilines is 1. The van der Waals surface area contributed by atoms with Crippen molar-refractivity contribution in [1.29, 1.82) is 0 Å². The van der Waals surface area contributed by atoms with E-state index in [-0.39, 0.29) is 15.6 Å². The van der Waals surface area contributed by atoms with Gasteiger partial charge in [-0.2, -0.15) is 0 Å². The Hall–Kier alpha value is -1.90. The number of benzene rings is 1. The fourth-order valence-corrected chi connectivity index (χ4v) is 4.28. The maximum atomic E-state index is 12.8. The number of hydrogen-bond donors (Lipinski definition) is 0. The van der Waals surface area contributed by atoms with Crippen molar-refractivity contribution >= 4 is 39.1 Å². The van der Waals surface area contributed by atoms with Crippen LogP contribution in [0.1, 0.15) is 19.3 Å². The van der Waals surface area contributed by atoms with Gasteiger partial charge in [0.2, 0.25) is 10.0 Å². The van der Waals surface area contributed by atoms with Gasteiger partial charge in [0, 0.05) is 27.2 Å². The zero-order valence-electron chi connectivity index (χ0n) is 14.6. The van der Waals surface area contributed by atoms with Crippen molar-refractivity contribution < 1.29 is 18.0 Å². The Morgan fingerprint density at radius 2 is 1.54 bits per heavy atom. The van der Waals surface area contributed by atoms with Gasteiger partial charge in [-0.25, -0.2) is 17.6 Å². The Bertz CT molecular complexity index is 872. The van der Waals surface area contributed by atoms with E-state index in [2.05, 4.69) is 0 Å². The van der Waals surface area contributed by atoms with E-state index in [4.69, 9.17) is 11.6 Å². The summed E-state index contributed by atoms with van der Waals surface area (Å²) in [6.07, 6.45) is 2.99. The highest BCUT2D eigenvalue weighted by molar-refractivity contribution is 7.89. The highest BCUT2D eigenvalue weighted by Crippen LogP contribution is 2.33. The summed E-state index contributed by atoms with van der Waals surface area (Å²) in [5.74, 6) is -1.05. The van der Waals surface area contributed by atoms with Gasteiger partial charge in [0.15, 0.2) is 0 Å². The third-order valence-electron chi connectivity index (χ3n) is 4.55. The Morgan fingerprint density at radius 1 is 0.962 bits per heavy atom. The fourth-order valence-electron chi connectivity index (χ4n) is 3.10. The molecule has 2 amide bonds. The van der Waals surface area contributed by atoms with Crippen LogP contribution in [0.4, 0.5) is 5.69 Å². The van der Waals surface area contributed by atoms with Crippen molar-refractivity contribution in [2.24, 2.45) is 0 Å². The molecule has 0 bridgehead atoms. The van der Waals surface area contributed by atoms with Gasteiger partial charge in [-0.15, -0.1) is 0 Å². The highest BCUT2D eigenvalue weighted by Gasteiger charge is 2.41. The van der Waals surface area contributed by atoms with E-state index < -0.39 is 21.8 Å². The topological polar surface area (TPSA) is 78.0 Å². The molecule has 1 aromatic rings. The first kappa shape index (κ1) is 18.9. The summed E-state index contributed by atoms with van der Waals surface area (Å²) in [6.45, 7) is 1.39. The fraction of sp³-hybridized carbons (Fsp3) is 0.412. The Kier molecular flexibility index (Phi) is 5.09. The molecule has 1 saturated heterocycles. The van der Waals surface area contributed by atoms with Crippen LogP contribution in [0.25, 0.3) is 0 Å². The molecule has 2 heterocycles. The minimum Gasteiger partial charge on any atom is -0.366 e. The maximum absolute atomic E-state index is 12.8. The minimum absolute atomic E-state index is 0.0816. The lowest BCUT2D eigenvalue weighted by Gasteiger charge is -2.29. The summed E-state index contributed by atoms with van der Waals surface area (Å²) in [7, 11) is -0.711. The number of piperidine rings is 1. The molecule has 0 unspecified atom stereocenters. The molecule has 0 radical (unpaired) electrons. The second-order valence-electron chi connectivity index (χ2n) is 6.44. The molecule has 0 saturated carbocycles. The largest absolute Gasteiger partial charge is 0.366 e. The van der Waals surface area contributed by atoms with E-state index in [0.717, 1.165) is 28.5 Å². The summed E-state index contributed by atoms with van der Waals surface area (Å²) >= 11 is 6.17. The van der Waals surface area contributed by atoms with Gasteiger partial charge < -0.3 is 4.90 Å². The molecule has 0 atom stereocenters. The smallest absolute Gasteiger partial charge is 0.283 e. The molecule has 0 N–H and O–H groups in total. The van der Waals surface area contributed by atoms with Crippen molar-refractivity contribution in [1.82, 2.24) is 9.21 Å². The summed E-state index contributed by atoms with van der Waals surface area (Å²) in [5.41, 5.74) is 0.532. The van der Waals surface area contributed by atoms with E-state index >= 15 is 0 Å². The number of rotatable bonds is 4. The van der Waals surface area contributed by atoms with Crippen molar-refractivity contribution in [2.75, 3.05) is 32.1 Å². The quantitative estimate of drug-likeness (QED) is 0.723. The lowest BCUT2D eigenvalue weighted by Crippen LogP contribution is -2.37. The molecule has 26 heavy (non-hydrogen) atoms. The molecule has 9 heteroatoms. The minimum atomic E-state index is -3.58. The predicted octanol–water partition coefficient (Wildman–Crippen LogP) is 1.75. The van der Waals surface area contributed by atoms with Crippen molar-refractivity contribution in [2.45, 2.75) is 24.2 Å². The monoisotopic (exact) mass is 397 g/mol. The zero-order valence-corrected chi connectivity index (χ0v) is 16.2. The average molecular weight is 398 g/mol. The molecule has 0 aromatic heterocycles. The normalized spacial score (nSPS) is 19.1. The molecule has 0 aliphatic carbocycles. The van der Waals surface area contributed by atoms with Gasteiger partial charge in [0.05, 0.1) is 10.6 Å². The number of nitrogens with zero attached hydrogens (tertiary/aromatic N) is 3. The predicted molar refractivity (Wildman–Crippen MR) is 98.1 cm³/mol. The van der Waals surface area contributed by atoms with Gasteiger partial charge in [0.1, 0.15) is 10.7 Å². The number of halogens is 1. The van der Waals surface area contributed by atoms with Crippen LogP contribution in [-0.2, 0) is 19.6 Å². The van der Waals surface area contributed by atoms with Crippen molar-refractivity contribution in [3.05, 3.63) is 35.0 Å². The number of imide groups is 1. The van der Waals surface area contributed by atoms with Crippen LogP contribution in [0.15, 0.2) is 39.9 Å². The van der Waals surface area contributed by atoms with Gasteiger partial charge in [-0.3, -0.25) is 9.59 Å². The maximum Gasteiger partial charge on any atom is 0.283 e. The molecule has 1 aromatic carbocycles. The van der Waals surface area contributed by atoms with E-state index in [0.29, 0.717) is 18.8 Å². The highest BCUT2D eigenvalue weighted by atomic mass is 35.5. The molecule has 2 aliphatic rings. The number of amides is 2. The third-order valence-corrected chi connectivity index (χ3v) is 6.72. The van der Waals surface area contributed by atoms with Crippen LogP contribution in [-0.4, -0.2) is 56.6 Å². The van der Waals surface area contributed by atoms with Crippen LogP contribution in [0, 0.1) is 0 Å². The van der Waals surface area contributed by atoms with Crippen molar-refractivity contribution in [3.63, 3.8) is 0 Å². The van der Waals surface area contributed by atoms with Crippen LogP contribution >= 0.6 is 11.6 Å². The van der Waals surface area contributed by atoms with Gasteiger partial charge >= 0.3 is 0 Å². The summed E-state index contributed by atoms with van der Waals surface area (Å²) in [6, 6.07) is 5.63. The SMILES string of the molecule is CN(C)S(=O)(=O)c1ccc(N2C(=O)C(Cl)=C(N3CCCCC3)C2=O)cc1. The van der Waals surface area contributed by atoms with Crippen LogP contribution in [0.2, 0.25) is 0 Å². The summed E-state index contributed by atoms with van der Waals surface area (Å²) in [4.78, 5) is 28.3. The lowest BCUT2D eigenvalue weighted by atomic mass is 10.1. The van der Waals surface area contributed by atoms with Crippen LogP contribution < -0.4 is 4.90 Å². The first-order chi connectivity index (χ1) is 12.2. The van der Waals surface area contributed by atoms with E-state index in [1.807, 2.05) is 4.90 Å². The standard InChI is InChI=1S/C17H20ClN3O4S/c1-19(2)26(24,25)13-8-6-12(7-9-13)21-16(22)14(18)15(17(21)23)20-10-4-3-5-11-20/h6-9H,3-5,10-11H2,1-2H3. The third kappa shape index (κ3) is 3.13. The molecule has 7 nitrogen and oxygen atoms in total. The second-order valence-corrected chi connectivity index (χ2v) is 8.97. The first-order valence-electron chi connectivity index (χ1n) is 8.31. The van der Waals surface area contributed by atoms with Crippen molar-refractivity contribution in [3.8, 4) is 0 Å². The first-order valence-corrected chi connectivity index (χ1v) is 10.1. The Morgan fingerprint density at radius 3 is 2.08 bits per heavy atom. The molecule has 3 rings (SSSR count). The second kappa shape index (κ2) is 7.02. The number of likely N-dealkylation sites (tertiary alicyclic amines) is 1. The van der Waals surface area contributed by atoms with E-state index in [9.17, 15) is 18.0 Å². The average Bonchev–Trinajstić information content (AvgIpc) is 2.85. The lowest BCUT2D eigenvalue weighted by molar-refractivity contribution is -0.121.